The minimum atomic E-state index is -0.428. The number of methoxy groups -OCH3 is 1. The summed E-state index contributed by atoms with van der Waals surface area (Å²) in [6.45, 7) is 0.0489. The van der Waals surface area contributed by atoms with Crippen LogP contribution in [0.15, 0.2) is 24.3 Å². The Kier molecular flexibility index (Phi) is 4.22. The van der Waals surface area contributed by atoms with Gasteiger partial charge in [0.2, 0.25) is 0 Å². The molecule has 76 valence electrons. The fraction of sp³-hybridized carbons (Fsp3) is 0.300. The van der Waals surface area contributed by atoms with Crippen molar-refractivity contribution >= 4 is 21.7 Å². The summed E-state index contributed by atoms with van der Waals surface area (Å²) in [5.74, 6) is -0.397. The Hall–Kier alpha value is -0.740. The first-order valence-corrected chi connectivity index (χ1v) is 4.98. The minimum Gasteiger partial charge on any atom is -0.377 e. The Morgan fingerprint density at radius 2 is 2.07 bits per heavy atom. The van der Waals surface area contributed by atoms with Crippen molar-refractivity contribution in [2.75, 3.05) is 13.7 Å². The Morgan fingerprint density at radius 3 is 2.57 bits per heavy atom. The number of ketones is 1. The number of hydrogen-bond donors (Lipinski definition) is 0. The third-order valence-electron chi connectivity index (χ3n) is 1.73. The third-order valence-corrected chi connectivity index (χ3v) is 2.77. The summed E-state index contributed by atoms with van der Waals surface area (Å²) in [7, 11) is 1.46. The molecule has 1 aromatic carbocycles. The van der Waals surface area contributed by atoms with Gasteiger partial charge in [-0.05, 0) is 17.7 Å². The number of alkyl halides is 1. The summed E-state index contributed by atoms with van der Waals surface area (Å²) in [6.07, 6.45) is 0. The van der Waals surface area contributed by atoms with Crippen molar-refractivity contribution in [3.8, 4) is 0 Å². The van der Waals surface area contributed by atoms with Crippen LogP contribution in [0.2, 0.25) is 0 Å². The molecular weight excluding hydrogens is 251 g/mol. The van der Waals surface area contributed by atoms with Crippen LogP contribution in [0.3, 0.4) is 0 Å². The van der Waals surface area contributed by atoms with E-state index >= 15 is 0 Å². The standard InChI is InChI=1S/C10H10BrFO2/c1-14-6-9(13)10(11)7-2-4-8(12)5-3-7/h2-5,10H,6H2,1H3. The Bertz CT molecular complexity index is 310. The van der Waals surface area contributed by atoms with Gasteiger partial charge >= 0.3 is 0 Å². The van der Waals surface area contributed by atoms with E-state index in [-0.39, 0.29) is 18.2 Å². The predicted octanol–water partition coefficient (Wildman–Crippen LogP) is 2.48. The number of carbonyl (C=O) groups is 1. The minimum absolute atomic E-state index is 0.0489. The van der Waals surface area contributed by atoms with Gasteiger partial charge in [0.05, 0.1) is 0 Å². The average molecular weight is 261 g/mol. The van der Waals surface area contributed by atoms with Gasteiger partial charge in [-0.15, -0.1) is 0 Å². The molecule has 0 saturated heterocycles. The van der Waals surface area contributed by atoms with Crippen molar-refractivity contribution in [1.82, 2.24) is 0 Å². The molecule has 1 unspecified atom stereocenters. The zero-order valence-electron chi connectivity index (χ0n) is 7.67. The molecule has 0 bridgehead atoms. The van der Waals surface area contributed by atoms with Gasteiger partial charge in [0.25, 0.3) is 0 Å². The number of hydrogen-bond acceptors (Lipinski definition) is 2. The predicted molar refractivity (Wildman–Crippen MR) is 55.0 cm³/mol. The molecule has 0 radical (unpaired) electrons. The molecule has 0 aliphatic rings. The summed E-state index contributed by atoms with van der Waals surface area (Å²) < 4.78 is 17.3. The van der Waals surface area contributed by atoms with E-state index in [9.17, 15) is 9.18 Å². The number of benzene rings is 1. The molecule has 1 aromatic rings. The average Bonchev–Trinajstić information content (AvgIpc) is 2.18. The molecule has 14 heavy (non-hydrogen) atoms. The largest absolute Gasteiger partial charge is 0.377 e. The molecule has 0 fully saturated rings. The third kappa shape index (κ3) is 2.89. The molecule has 0 aliphatic carbocycles. The molecule has 4 heteroatoms. The number of halogens is 2. The van der Waals surface area contributed by atoms with Crippen LogP contribution in [0.25, 0.3) is 0 Å². The zero-order chi connectivity index (χ0) is 10.6. The summed E-state index contributed by atoms with van der Waals surface area (Å²) in [4.78, 5) is 10.9. The molecule has 0 spiro atoms. The van der Waals surface area contributed by atoms with Crippen molar-refractivity contribution in [2.45, 2.75) is 4.83 Å². The van der Waals surface area contributed by atoms with Crippen LogP contribution in [-0.4, -0.2) is 19.5 Å². The van der Waals surface area contributed by atoms with Gasteiger partial charge in [0, 0.05) is 7.11 Å². The van der Waals surface area contributed by atoms with Gasteiger partial charge in [-0.25, -0.2) is 4.39 Å². The van der Waals surface area contributed by atoms with Gasteiger partial charge < -0.3 is 4.74 Å². The molecule has 0 heterocycles. The summed E-state index contributed by atoms with van der Waals surface area (Å²) in [5, 5.41) is 0. The monoisotopic (exact) mass is 260 g/mol. The van der Waals surface area contributed by atoms with Crippen LogP contribution in [0.5, 0.6) is 0 Å². The number of ether oxygens (including phenoxy) is 1. The van der Waals surface area contributed by atoms with E-state index in [4.69, 9.17) is 4.74 Å². The summed E-state index contributed by atoms with van der Waals surface area (Å²) in [6, 6.07) is 5.79. The van der Waals surface area contributed by atoms with E-state index in [0.29, 0.717) is 0 Å². The van der Waals surface area contributed by atoms with Crippen molar-refractivity contribution in [1.29, 1.82) is 0 Å². The molecule has 0 N–H and O–H groups in total. The lowest BCUT2D eigenvalue weighted by molar-refractivity contribution is -0.122. The van der Waals surface area contributed by atoms with Gasteiger partial charge in [-0.3, -0.25) is 4.79 Å². The first-order chi connectivity index (χ1) is 6.65. The van der Waals surface area contributed by atoms with Gasteiger partial charge in [-0.2, -0.15) is 0 Å². The van der Waals surface area contributed by atoms with E-state index in [1.54, 1.807) is 12.1 Å². The Balaban J connectivity index is 2.73. The lowest BCUT2D eigenvalue weighted by atomic mass is 10.1. The van der Waals surface area contributed by atoms with Crippen LogP contribution in [-0.2, 0) is 9.53 Å². The van der Waals surface area contributed by atoms with Crippen molar-refractivity contribution < 1.29 is 13.9 Å². The van der Waals surface area contributed by atoms with Crippen LogP contribution in [0, 0.1) is 5.82 Å². The SMILES string of the molecule is COCC(=O)C(Br)c1ccc(F)cc1. The van der Waals surface area contributed by atoms with Crippen LogP contribution in [0.4, 0.5) is 4.39 Å². The highest BCUT2D eigenvalue weighted by molar-refractivity contribution is 9.09. The van der Waals surface area contributed by atoms with Crippen molar-refractivity contribution in [3.63, 3.8) is 0 Å². The molecule has 0 amide bonds. The van der Waals surface area contributed by atoms with E-state index in [0.717, 1.165) is 5.56 Å². The summed E-state index contributed by atoms with van der Waals surface area (Å²) >= 11 is 3.22. The van der Waals surface area contributed by atoms with E-state index < -0.39 is 4.83 Å². The molecule has 0 saturated carbocycles. The van der Waals surface area contributed by atoms with Crippen LogP contribution >= 0.6 is 15.9 Å². The smallest absolute Gasteiger partial charge is 0.176 e. The quantitative estimate of drug-likeness (QED) is 0.778. The second-order valence-corrected chi connectivity index (χ2v) is 3.73. The number of Topliss-reactive ketones (excluding diaryl/α,β-unsaturated/α-hetero) is 1. The van der Waals surface area contributed by atoms with E-state index in [2.05, 4.69) is 15.9 Å². The maximum Gasteiger partial charge on any atom is 0.176 e. The van der Waals surface area contributed by atoms with Crippen molar-refractivity contribution in [2.24, 2.45) is 0 Å². The van der Waals surface area contributed by atoms with Crippen LogP contribution < -0.4 is 0 Å². The van der Waals surface area contributed by atoms with Crippen molar-refractivity contribution in [3.05, 3.63) is 35.6 Å². The van der Waals surface area contributed by atoms with E-state index in [1.165, 1.54) is 19.2 Å². The van der Waals surface area contributed by atoms with E-state index in [1.807, 2.05) is 0 Å². The highest BCUT2D eigenvalue weighted by atomic mass is 79.9. The molecule has 1 atom stereocenters. The van der Waals surface area contributed by atoms with Crippen LogP contribution in [0.1, 0.15) is 10.4 Å². The molecule has 2 nitrogen and oxygen atoms in total. The first kappa shape index (κ1) is 11.3. The molecule has 0 aliphatic heterocycles. The maximum absolute atomic E-state index is 12.6. The normalized spacial score (nSPS) is 12.5. The van der Waals surface area contributed by atoms with Gasteiger partial charge in [-0.1, -0.05) is 28.1 Å². The van der Waals surface area contributed by atoms with Gasteiger partial charge in [0.1, 0.15) is 17.3 Å². The zero-order valence-corrected chi connectivity index (χ0v) is 9.25. The molecule has 1 rings (SSSR count). The molecular formula is C10H10BrFO2. The highest BCUT2D eigenvalue weighted by Gasteiger charge is 2.16. The summed E-state index contributed by atoms with van der Waals surface area (Å²) in [5.41, 5.74) is 0.730. The second-order valence-electron chi connectivity index (χ2n) is 2.81. The Morgan fingerprint density at radius 1 is 1.50 bits per heavy atom. The fourth-order valence-electron chi connectivity index (χ4n) is 1.03. The first-order valence-electron chi connectivity index (χ1n) is 4.06. The topological polar surface area (TPSA) is 26.3 Å². The lowest BCUT2D eigenvalue weighted by Crippen LogP contribution is -2.12. The maximum atomic E-state index is 12.6. The number of carbonyl (C=O) groups excluding carboxylic acids is 1. The molecule has 0 aromatic heterocycles. The highest BCUT2D eigenvalue weighted by Crippen LogP contribution is 2.23. The lowest BCUT2D eigenvalue weighted by Gasteiger charge is -2.07. The fourth-order valence-corrected chi connectivity index (χ4v) is 1.47. The van der Waals surface area contributed by atoms with Gasteiger partial charge in [0.15, 0.2) is 5.78 Å². The number of rotatable bonds is 4. The Labute approximate surface area is 90.2 Å². The second kappa shape index (κ2) is 5.22.